The van der Waals surface area contributed by atoms with Crippen LogP contribution < -0.4 is 0 Å². The molecule has 6 heteroatoms. The Labute approximate surface area is 137 Å². The van der Waals surface area contributed by atoms with E-state index >= 15 is 0 Å². The predicted octanol–water partition coefficient (Wildman–Crippen LogP) is 2.38. The lowest BCUT2D eigenvalue weighted by molar-refractivity contribution is -0.164. The summed E-state index contributed by atoms with van der Waals surface area (Å²) in [5.41, 5.74) is 1.33. The quantitative estimate of drug-likeness (QED) is 0.685. The first kappa shape index (κ1) is 15.9. The maximum atomic E-state index is 11.6. The Hall–Kier alpha value is -3.02. The van der Waals surface area contributed by atoms with Crippen molar-refractivity contribution in [2.75, 3.05) is 0 Å². The number of hydrogen-bond donors (Lipinski definition) is 4. The minimum Gasteiger partial charge on any atom is -0.508 e. The molecule has 0 heterocycles. The Morgan fingerprint density at radius 2 is 0.917 bits per heavy atom. The van der Waals surface area contributed by atoms with E-state index in [0.717, 1.165) is 0 Å². The molecule has 2 aromatic rings. The van der Waals surface area contributed by atoms with Crippen LogP contribution in [0.3, 0.4) is 0 Å². The summed E-state index contributed by atoms with van der Waals surface area (Å²) in [7, 11) is 0. The largest absolute Gasteiger partial charge is 0.508 e. The minimum atomic E-state index is -1.16. The first-order valence-electron chi connectivity index (χ1n) is 7.43. The summed E-state index contributed by atoms with van der Waals surface area (Å²) in [6.45, 7) is 0. The van der Waals surface area contributed by atoms with Crippen LogP contribution in [0.1, 0.15) is 23.0 Å². The maximum Gasteiger partial charge on any atom is 0.308 e. The smallest absolute Gasteiger partial charge is 0.308 e. The molecule has 0 saturated heterocycles. The van der Waals surface area contributed by atoms with Gasteiger partial charge in [-0.2, -0.15) is 0 Å². The summed E-state index contributed by atoms with van der Waals surface area (Å²) in [6, 6.07) is 12.3. The van der Waals surface area contributed by atoms with E-state index in [1.54, 1.807) is 24.3 Å². The van der Waals surface area contributed by atoms with E-state index < -0.39 is 35.6 Å². The van der Waals surface area contributed by atoms with Gasteiger partial charge in [-0.3, -0.25) is 9.59 Å². The zero-order valence-corrected chi connectivity index (χ0v) is 12.5. The highest BCUT2D eigenvalue weighted by Gasteiger charge is 2.58. The summed E-state index contributed by atoms with van der Waals surface area (Å²) in [6.07, 6.45) is 0. The molecule has 0 spiro atoms. The van der Waals surface area contributed by atoms with E-state index in [1.807, 2.05) is 0 Å². The topological polar surface area (TPSA) is 115 Å². The Morgan fingerprint density at radius 3 is 1.17 bits per heavy atom. The second-order valence-electron chi connectivity index (χ2n) is 5.96. The molecule has 0 radical (unpaired) electrons. The third kappa shape index (κ3) is 2.56. The molecule has 1 saturated carbocycles. The van der Waals surface area contributed by atoms with E-state index in [1.165, 1.54) is 24.3 Å². The molecule has 0 aliphatic heterocycles. The van der Waals surface area contributed by atoms with Crippen LogP contribution >= 0.6 is 0 Å². The van der Waals surface area contributed by atoms with Crippen molar-refractivity contribution >= 4 is 11.9 Å². The normalized spacial score (nSPS) is 25.7. The van der Waals surface area contributed by atoms with Crippen LogP contribution in [0.5, 0.6) is 11.5 Å². The van der Waals surface area contributed by atoms with Crippen LogP contribution in [0.25, 0.3) is 0 Å². The Bertz CT molecular complexity index is 698. The van der Waals surface area contributed by atoms with Crippen molar-refractivity contribution in [2.45, 2.75) is 11.8 Å². The Kier molecular flexibility index (Phi) is 3.89. The van der Waals surface area contributed by atoms with Crippen molar-refractivity contribution < 1.29 is 30.0 Å². The fourth-order valence-corrected chi connectivity index (χ4v) is 3.58. The molecule has 2 aromatic carbocycles. The second-order valence-corrected chi connectivity index (χ2v) is 5.96. The number of phenols is 2. The van der Waals surface area contributed by atoms with E-state index in [0.29, 0.717) is 11.1 Å². The molecule has 0 amide bonds. The van der Waals surface area contributed by atoms with Crippen LogP contribution in [0, 0.1) is 11.8 Å². The molecular formula is C18H16O6. The summed E-state index contributed by atoms with van der Waals surface area (Å²) in [4.78, 5) is 23.3. The SMILES string of the molecule is O=C(O)[C@@H]1[C@H](C(=O)O)[C@@H](c2ccc(O)cc2)[C@@H]1c1ccc(O)cc1. The van der Waals surface area contributed by atoms with Crippen molar-refractivity contribution in [3.05, 3.63) is 59.7 Å². The molecule has 0 unspecified atom stereocenters. The number of aromatic hydroxyl groups is 2. The molecular weight excluding hydrogens is 312 g/mol. The standard InChI is InChI=1S/C18H16O6/c19-11-5-1-9(2-6-11)13-14(10-3-7-12(20)8-4-10)16(18(23)24)15(13)17(21)22/h1-8,13-16,19-20H,(H,21,22)(H,23,24)/t13-,14-,15-,16+/m0/s1. The highest BCUT2D eigenvalue weighted by molar-refractivity contribution is 5.85. The third-order valence-corrected chi connectivity index (χ3v) is 4.67. The van der Waals surface area contributed by atoms with Crippen LogP contribution in [-0.4, -0.2) is 32.4 Å². The number of carboxylic acid groups (broad SMARTS) is 2. The number of hydrogen-bond acceptors (Lipinski definition) is 4. The van der Waals surface area contributed by atoms with Crippen molar-refractivity contribution in [1.29, 1.82) is 0 Å². The number of carbonyl (C=O) groups is 2. The van der Waals surface area contributed by atoms with Gasteiger partial charge >= 0.3 is 11.9 Å². The molecule has 4 atom stereocenters. The van der Waals surface area contributed by atoms with Gasteiger partial charge in [-0.05, 0) is 35.4 Å². The van der Waals surface area contributed by atoms with Gasteiger partial charge in [-0.15, -0.1) is 0 Å². The van der Waals surface area contributed by atoms with Crippen molar-refractivity contribution in [3.63, 3.8) is 0 Å². The molecule has 1 aliphatic rings. The van der Waals surface area contributed by atoms with Gasteiger partial charge in [-0.1, -0.05) is 24.3 Å². The van der Waals surface area contributed by atoms with Crippen molar-refractivity contribution in [3.8, 4) is 11.5 Å². The van der Waals surface area contributed by atoms with Gasteiger partial charge in [0, 0.05) is 11.8 Å². The number of carboxylic acids is 2. The fourth-order valence-electron chi connectivity index (χ4n) is 3.58. The Balaban J connectivity index is 2.06. The number of phenolic OH excluding ortho intramolecular Hbond substituents is 2. The molecule has 1 aliphatic carbocycles. The van der Waals surface area contributed by atoms with Crippen molar-refractivity contribution in [2.24, 2.45) is 11.8 Å². The highest BCUT2D eigenvalue weighted by Crippen LogP contribution is 2.58. The zero-order valence-electron chi connectivity index (χ0n) is 12.5. The van der Waals surface area contributed by atoms with Crippen LogP contribution in [0.15, 0.2) is 48.5 Å². The third-order valence-electron chi connectivity index (χ3n) is 4.67. The fraction of sp³-hybridized carbons (Fsp3) is 0.222. The summed E-state index contributed by atoms with van der Waals surface area (Å²) in [5, 5.41) is 37.8. The van der Waals surface area contributed by atoms with Gasteiger partial charge in [0.1, 0.15) is 11.5 Å². The second kappa shape index (κ2) is 5.88. The molecule has 24 heavy (non-hydrogen) atoms. The lowest BCUT2D eigenvalue weighted by atomic mass is 9.52. The van der Waals surface area contributed by atoms with Crippen LogP contribution in [0.4, 0.5) is 0 Å². The van der Waals surface area contributed by atoms with Gasteiger partial charge in [0.15, 0.2) is 0 Å². The molecule has 3 rings (SSSR count). The number of aliphatic carboxylic acids is 2. The molecule has 6 nitrogen and oxygen atoms in total. The van der Waals surface area contributed by atoms with E-state index in [-0.39, 0.29) is 11.5 Å². The first-order chi connectivity index (χ1) is 11.4. The van der Waals surface area contributed by atoms with E-state index in [4.69, 9.17) is 0 Å². The molecule has 124 valence electrons. The lowest BCUT2D eigenvalue weighted by Gasteiger charge is -2.48. The molecule has 0 bridgehead atoms. The first-order valence-corrected chi connectivity index (χ1v) is 7.43. The Morgan fingerprint density at radius 1 is 0.625 bits per heavy atom. The zero-order chi connectivity index (χ0) is 17.4. The highest BCUT2D eigenvalue weighted by atomic mass is 16.4. The van der Waals surface area contributed by atoms with Gasteiger partial charge in [-0.25, -0.2) is 0 Å². The minimum absolute atomic E-state index is 0.0564. The lowest BCUT2D eigenvalue weighted by Crippen LogP contribution is -2.51. The molecule has 1 fully saturated rings. The summed E-state index contributed by atoms with van der Waals surface area (Å²) in [5.74, 6) is -5.34. The average Bonchev–Trinajstić information content (AvgIpc) is 2.49. The molecule has 4 N–H and O–H groups in total. The van der Waals surface area contributed by atoms with Crippen LogP contribution in [-0.2, 0) is 9.59 Å². The summed E-state index contributed by atoms with van der Waals surface area (Å²) >= 11 is 0. The monoisotopic (exact) mass is 328 g/mol. The van der Waals surface area contributed by atoms with Gasteiger partial charge in [0.2, 0.25) is 0 Å². The van der Waals surface area contributed by atoms with Gasteiger partial charge in [0.25, 0.3) is 0 Å². The average molecular weight is 328 g/mol. The predicted molar refractivity (Wildman–Crippen MR) is 83.9 cm³/mol. The molecule has 0 aromatic heterocycles. The van der Waals surface area contributed by atoms with Crippen molar-refractivity contribution in [1.82, 2.24) is 0 Å². The van der Waals surface area contributed by atoms with Gasteiger partial charge < -0.3 is 20.4 Å². The number of benzene rings is 2. The number of rotatable bonds is 4. The van der Waals surface area contributed by atoms with E-state index in [9.17, 15) is 30.0 Å². The van der Waals surface area contributed by atoms with Crippen LogP contribution in [0.2, 0.25) is 0 Å². The summed E-state index contributed by atoms with van der Waals surface area (Å²) < 4.78 is 0. The maximum absolute atomic E-state index is 11.6. The van der Waals surface area contributed by atoms with E-state index in [2.05, 4.69) is 0 Å². The van der Waals surface area contributed by atoms with Gasteiger partial charge in [0.05, 0.1) is 11.8 Å².